The Hall–Kier alpha value is -5.51. The van der Waals surface area contributed by atoms with Gasteiger partial charge >= 0.3 is 0 Å². The molecule has 2 nitrogen and oxygen atoms in total. The number of nitrogens with zero attached hydrogens (tertiary/aromatic N) is 2. The van der Waals surface area contributed by atoms with Crippen molar-refractivity contribution < 1.29 is 0 Å². The van der Waals surface area contributed by atoms with Crippen molar-refractivity contribution in [3.63, 3.8) is 0 Å². The predicted octanol–water partition coefficient (Wildman–Crippen LogP) is 12.0. The molecule has 0 aliphatic rings. The van der Waals surface area contributed by atoms with E-state index in [4.69, 9.17) is 0 Å². The van der Waals surface area contributed by atoms with Crippen molar-refractivity contribution in [1.82, 2.24) is 4.98 Å². The first-order valence-corrected chi connectivity index (χ1v) is 15.7. The summed E-state index contributed by atoms with van der Waals surface area (Å²) in [5.41, 5.74) is 5.81. The van der Waals surface area contributed by atoms with Crippen molar-refractivity contribution in [1.29, 1.82) is 0 Å². The predicted molar refractivity (Wildman–Crippen MR) is 190 cm³/mol. The molecular formula is C41H26N2S. The van der Waals surface area contributed by atoms with Crippen LogP contribution in [-0.4, -0.2) is 4.98 Å². The molecule has 9 aromatic rings. The van der Waals surface area contributed by atoms with Gasteiger partial charge in [-0.05, 0) is 92.0 Å². The summed E-state index contributed by atoms with van der Waals surface area (Å²) in [6.45, 7) is 0. The molecule has 2 aromatic heterocycles. The van der Waals surface area contributed by atoms with E-state index in [-0.39, 0.29) is 0 Å². The number of anilines is 3. The molecule has 0 saturated heterocycles. The van der Waals surface area contributed by atoms with Crippen LogP contribution in [0.2, 0.25) is 0 Å². The summed E-state index contributed by atoms with van der Waals surface area (Å²) in [5.74, 6) is 0. The van der Waals surface area contributed by atoms with Crippen LogP contribution in [0, 0.1) is 0 Å². The molecule has 0 saturated carbocycles. The quantitative estimate of drug-likeness (QED) is 0.193. The number of thiophene rings is 1. The molecule has 3 heteroatoms. The summed E-state index contributed by atoms with van der Waals surface area (Å²) >= 11 is 1.80. The molecule has 0 aliphatic carbocycles. The van der Waals surface area contributed by atoms with Crippen molar-refractivity contribution in [2.75, 3.05) is 4.90 Å². The minimum Gasteiger partial charge on any atom is -0.310 e. The van der Waals surface area contributed by atoms with Gasteiger partial charge in [0.2, 0.25) is 0 Å². The van der Waals surface area contributed by atoms with Gasteiger partial charge in [0.25, 0.3) is 0 Å². The Balaban J connectivity index is 1.18. The minimum absolute atomic E-state index is 1.12. The number of aromatic nitrogens is 1. The zero-order valence-corrected chi connectivity index (χ0v) is 24.6. The van der Waals surface area contributed by atoms with Gasteiger partial charge in [0, 0.05) is 44.9 Å². The molecule has 44 heavy (non-hydrogen) atoms. The van der Waals surface area contributed by atoms with Crippen LogP contribution in [0.15, 0.2) is 158 Å². The highest BCUT2D eigenvalue weighted by Gasteiger charge is 2.15. The van der Waals surface area contributed by atoms with Crippen molar-refractivity contribution in [3.8, 4) is 11.1 Å². The largest absolute Gasteiger partial charge is 0.310 e. The lowest BCUT2D eigenvalue weighted by Crippen LogP contribution is -2.09. The summed E-state index contributed by atoms with van der Waals surface area (Å²) in [6, 6.07) is 53.0. The number of rotatable bonds is 4. The van der Waals surface area contributed by atoms with Crippen LogP contribution in [0.1, 0.15) is 0 Å². The van der Waals surface area contributed by atoms with Crippen LogP contribution in [0.4, 0.5) is 17.1 Å². The molecule has 0 fully saturated rings. The average molecular weight is 579 g/mol. The van der Waals surface area contributed by atoms with E-state index in [1.807, 2.05) is 12.4 Å². The van der Waals surface area contributed by atoms with E-state index in [2.05, 4.69) is 155 Å². The fraction of sp³-hybridized carbons (Fsp3) is 0. The van der Waals surface area contributed by atoms with Gasteiger partial charge in [-0.1, -0.05) is 97.1 Å². The lowest BCUT2D eigenvalue weighted by molar-refractivity contribution is 1.29. The van der Waals surface area contributed by atoms with Crippen LogP contribution >= 0.6 is 11.3 Å². The number of pyridine rings is 1. The van der Waals surface area contributed by atoms with E-state index in [0.717, 1.165) is 17.1 Å². The van der Waals surface area contributed by atoms with Gasteiger partial charge < -0.3 is 4.90 Å². The summed E-state index contributed by atoms with van der Waals surface area (Å²) in [6.07, 6.45) is 3.84. The Morgan fingerprint density at radius 3 is 1.95 bits per heavy atom. The lowest BCUT2D eigenvalue weighted by Gasteiger charge is -2.26. The van der Waals surface area contributed by atoms with Crippen LogP contribution in [-0.2, 0) is 0 Å². The summed E-state index contributed by atoms with van der Waals surface area (Å²) < 4.78 is 2.51. The molecular weight excluding hydrogens is 553 g/mol. The van der Waals surface area contributed by atoms with Gasteiger partial charge in [-0.15, -0.1) is 11.3 Å². The third-order valence-electron chi connectivity index (χ3n) is 8.72. The average Bonchev–Trinajstić information content (AvgIpc) is 3.47. The smallest absolute Gasteiger partial charge is 0.0538 e. The molecule has 0 aliphatic heterocycles. The Labute approximate surface area is 259 Å². The summed E-state index contributed by atoms with van der Waals surface area (Å²) in [4.78, 5) is 6.67. The SMILES string of the molecule is c1ccc(N(c2ccc(-c3ccc4c(c3)sc3cnccc34)cc2)c2ccc3ccc4ccc5ccccc5c4c3c2)cc1. The lowest BCUT2D eigenvalue weighted by atomic mass is 9.96. The van der Waals surface area contributed by atoms with E-state index < -0.39 is 0 Å². The van der Waals surface area contributed by atoms with E-state index in [1.54, 1.807) is 11.3 Å². The number of fused-ring (bicyclic) bond motifs is 8. The maximum absolute atomic E-state index is 4.32. The number of para-hydroxylation sites is 1. The van der Waals surface area contributed by atoms with Gasteiger partial charge in [-0.25, -0.2) is 0 Å². The Morgan fingerprint density at radius 2 is 1.09 bits per heavy atom. The summed E-state index contributed by atoms with van der Waals surface area (Å²) in [5, 5.41) is 10.2. The molecule has 2 heterocycles. The minimum atomic E-state index is 1.12. The van der Waals surface area contributed by atoms with E-state index in [0.29, 0.717) is 0 Å². The van der Waals surface area contributed by atoms with Gasteiger partial charge in [0.1, 0.15) is 0 Å². The number of benzene rings is 7. The van der Waals surface area contributed by atoms with Crippen LogP contribution in [0.25, 0.3) is 63.6 Å². The van der Waals surface area contributed by atoms with Crippen molar-refractivity contribution in [2.24, 2.45) is 0 Å². The zero-order chi connectivity index (χ0) is 29.0. The van der Waals surface area contributed by atoms with Crippen LogP contribution in [0.5, 0.6) is 0 Å². The standard InChI is InChI=1S/C41H26N2S/c1-2-7-32(8-3-1)43(34-20-16-29-11-13-30-12-10-28-6-4-5-9-35(28)41(30)38(29)25-34)33-18-14-27(15-19-33)31-17-21-36-37-22-23-42-26-40(37)44-39(36)24-31/h1-26H. The Morgan fingerprint density at radius 1 is 0.432 bits per heavy atom. The second kappa shape index (κ2) is 10.0. The summed E-state index contributed by atoms with van der Waals surface area (Å²) in [7, 11) is 0. The van der Waals surface area contributed by atoms with Gasteiger partial charge in [-0.2, -0.15) is 0 Å². The molecule has 0 radical (unpaired) electrons. The molecule has 0 unspecified atom stereocenters. The molecule has 0 bridgehead atoms. The maximum Gasteiger partial charge on any atom is 0.0538 e. The molecule has 0 atom stereocenters. The second-order valence-electron chi connectivity index (χ2n) is 11.3. The molecule has 0 amide bonds. The Kier molecular flexibility index (Phi) is 5.71. The molecule has 206 valence electrons. The first kappa shape index (κ1) is 25.0. The fourth-order valence-corrected chi connectivity index (χ4v) is 7.70. The topological polar surface area (TPSA) is 16.1 Å². The third-order valence-corrected chi connectivity index (χ3v) is 9.82. The molecule has 7 aromatic carbocycles. The van der Waals surface area contributed by atoms with Gasteiger partial charge in [0.15, 0.2) is 0 Å². The highest BCUT2D eigenvalue weighted by molar-refractivity contribution is 7.25. The molecule has 0 N–H and O–H groups in total. The highest BCUT2D eigenvalue weighted by atomic mass is 32.1. The number of hydrogen-bond acceptors (Lipinski definition) is 3. The van der Waals surface area contributed by atoms with Gasteiger partial charge in [0.05, 0.1) is 4.70 Å². The van der Waals surface area contributed by atoms with Crippen molar-refractivity contribution in [2.45, 2.75) is 0 Å². The van der Waals surface area contributed by atoms with Crippen LogP contribution < -0.4 is 4.90 Å². The third kappa shape index (κ3) is 4.05. The van der Waals surface area contributed by atoms with Crippen molar-refractivity contribution >= 4 is 80.9 Å². The van der Waals surface area contributed by atoms with Crippen molar-refractivity contribution in [3.05, 3.63) is 158 Å². The van der Waals surface area contributed by atoms with Gasteiger partial charge in [-0.3, -0.25) is 4.98 Å². The zero-order valence-electron chi connectivity index (χ0n) is 23.8. The van der Waals surface area contributed by atoms with Crippen LogP contribution in [0.3, 0.4) is 0 Å². The number of hydrogen-bond donors (Lipinski definition) is 0. The maximum atomic E-state index is 4.32. The fourth-order valence-electron chi connectivity index (χ4n) is 6.59. The monoisotopic (exact) mass is 578 g/mol. The van der Waals surface area contributed by atoms with E-state index in [9.17, 15) is 0 Å². The van der Waals surface area contributed by atoms with E-state index >= 15 is 0 Å². The first-order valence-electron chi connectivity index (χ1n) is 14.9. The van der Waals surface area contributed by atoms with E-state index in [1.165, 1.54) is 63.6 Å². The molecule has 9 rings (SSSR count). The first-order chi connectivity index (χ1) is 21.8. The Bertz CT molecular complexity index is 2490. The second-order valence-corrected chi connectivity index (χ2v) is 12.3. The normalized spacial score (nSPS) is 11.6. The molecule has 0 spiro atoms. The highest BCUT2D eigenvalue weighted by Crippen LogP contribution is 2.40.